The maximum absolute atomic E-state index is 13.0. The van der Waals surface area contributed by atoms with E-state index in [1.807, 2.05) is 52.8 Å². The van der Waals surface area contributed by atoms with Crippen molar-refractivity contribution in [2.75, 3.05) is 6.61 Å². The van der Waals surface area contributed by atoms with Gasteiger partial charge in [0.2, 0.25) is 0 Å². The lowest BCUT2D eigenvalue weighted by molar-refractivity contribution is -0.180. The molecule has 2 rings (SSSR count). The van der Waals surface area contributed by atoms with Crippen molar-refractivity contribution >= 4 is 0 Å². The predicted molar refractivity (Wildman–Crippen MR) is 186 cm³/mol. The van der Waals surface area contributed by atoms with Gasteiger partial charge in [-0.05, 0) is 46.0 Å². The fourth-order valence-corrected chi connectivity index (χ4v) is 6.03. The zero-order valence-corrected chi connectivity index (χ0v) is 30.1. The van der Waals surface area contributed by atoms with Gasteiger partial charge in [0.15, 0.2) is 0 Å². The number of rotatable bonds is 16. The van der Waals surface area contributed by atoms with Crippen molar-refractivity contribution in [2.24, 2.45) is 23.7 Å². The molecule has 2 heterocycles. The van der Waals surface area contributed by atoms with Gasteiger partial charge < -0.3 is 44.9 Å². The third-order valence-corrected chi connectivity index (χ3v) is 9.75. The minimum Gasteiger partial charge on any atom is -0.507 e. The number of aromatic hydroxyl groups is 1. The Morgan fingerprint density at radius 3 is 2.08 bits per heavy atom. The normalized spacial score (nSPS) is 26.0. The monoisotopic (exact) mass is 676 g/mol. The van der Waals surface area contributed by atoms with Crippen LogP contribution in [-0.4, -0.2) is 79.0 Å². The summed E-state index contributed by atoms with van der Waals surface area (Å²) in [5, 5.41) is 73.3. The van der Waals surface area contributed by atoms with E-state index in [2.05, 4.69) is 19.9 Å². The fraction of sp³-hybridized carbons (Fsp3) is 0.658. The van der Waals surface area contributed by atoms with E-state index in [1.165, 1.54) is 6.07 Å². The lowest BCUT2D eigenvalue weighted by Gasteiger charge is -2.36. The van der Waals surface area contributed by atoms with Crippen LogP contribution in [0.15, 0.2) is 62.9 Å². The van der Waals surface area contributed by atoms with Gasteiger partial charge in [-0.25, -0.2) is 4.79 Å². The van der Waals surface area contributed by atoms with Crippen molar-refractivity contribution in [3.05, 3.63) is 75.4 Å². The molecule has 1 aliphatic rings. The summed E-state index contributed by atoms with van der Waals surface area (Å²) in [5.41, 5.74) is -0.646. The highest BCUT2D eigenvalue weighted by molar-refractivity contribution is 5.36. The molecule has 10 heteroatoms. The van der Waals surface area contributed by atoms with E-state index >= 15 is 0 Å². The smallest absolute Gasteiger partial charge is 0.345 e. The molecule has 1 aromatic heterocycles. The van der Waals surface area contributed by atoms with Gasteiger partial charge in [0.05, 0.1) is 42.5 Å². The topological polar surface area (TPSA) is 181 Å². The highest BCUT2D eigenvalue weighted by Gasteiger charge is 2.41. The van der Waals surface area contributed by atoms with Crippen LogP contribution in [0.4, 0.5) is 0 Å². The van der Waals surface area contributed by atoms with Crippen LogP contribution in [-0.2, 0) is 10.2 Å². The van der Waals surface area contributed by atoms with Gasteiger partial charge >= 0.3 is 5.63 Å². The Labute approximate surface area is 285 Å². The zero-order chi connectivity index (χ0) is 36.5. The van der Waals surface area contributed by atoms with E-state index in [9.17, 15) is 40.5 Å². The number of aliphatic hydroxyl groups is 6. The molecule has 1 aromatic rings. The van der Waals surface area contributed by atoms with Gasteiger partial charge in [0, 0.05) is 24.3 Å². The number of hydrogen-bond donors (Lipinski definition) is 7. The Morgan fingerprint density at radius 2 is 1.54 bits per heavy atom. The molecule has 0 amide bonds. The van der Waals surface area contributed by atoms with Crippen molar-refractivity contribution in [3.8, 4) is 5.75 Å². The molecule has 11 atom stereocenters. The summed E-state index contributed by atoms with van der Waals surface area (Å²) in [6, 6.07) is 1.18. The highest BCUT2D eigenvalue weighted by Crippen LogP contribution is 2.37. The Hall–Kier alpha value is -2.57. The quantitative estimate of drug-likeness (QED) is 0.122. The van der Waals surface area contributed by atoms with Gasteiger partial charge in [-0.3, -0.25) is 0 Å². The van der Waals surface area contributed by atoms with Crippen LogP contribution in [0.25, 0.3) is 0 Å². The molecule has 1 aliphatic heterocycles. The minimum atomic E-state index is -1.51. The average Bonchev–Trinajstić information content (AvgIpc) is 3.03. The minimum absolute atomic E-state index is 0.00556. The van der Waals surface area contributed by atoms with Crippen LogP contribution in [0.2, 0.25) is 0 Å². The molecule has 1 fully saturated rings. The molecule has 48 heavy (non-hydrogen) atoms. The Kier molecular flexibility index (Phi) is 16.0. The molecular formula is C38H60O10. The first-order valence-corrected chi connectivity index (χ1v) is 17.1. The number of ether oxygens (including phenoxy) is 1. The van der Waals surface area contributed by atoms with E-state index in [1.54, 1.807) is 26.0 Å². The van der Waals surface area contributed by atoms with Crippen molar-refractivity contribution in [1.29, 1.82) is 0 Å². The largest absolute Gasteiger partial charge is 0.507 e. The van der Waals surface area contributed by atoms with Gasteiger partial charge in [0.1, 0.15) is 29.3 Å². The molecule has 0 aromatic carbocycles. The maximum atomic E-state index is 13.0. The molecule has 1 saturated heterocycles. The van der Waals surface area contributed by atoms with Crippen LogP contribution in [0.1, 0.15) is 99.0 Å². The summed E-state index contributed by atoms with van der Waals surface area (Å²) in [7, 11) is 0. The van der Waals surface area contributed by atoms with E-state index in [0.717, 1.165) is 17.6 Å². The maximum Gasteiger partial charge on any atom is 0.345 e. The summed E-state index contributed by atoms with van der Waals surface area (Å²) in [5.74, 6) is -0.426. The summed E-state index contributed by atoms with van der Waals surface area (Å²) >= 11 is 0. The standard InChI is InChI=1S/C38H60O10/c1-10-23(4)33(43)25(6)16-21(2)12-11-13-24(5)34(44)26(7)17-22(3)14-15-30(42)38(8,9)31-19-28(40)32(37(46)48-31)36-35(45)29(41)18-27(20-39)47-36/h11-12,14-17,19,23-27,29-30,33-36,39-45H,10,13,18,20H2,1-9H3/b12-11+,15-14+,21-16+,22-17+/t23-,24-,25-,26-,27+,29+,30-,33-,34-,35-,36+/m0/s1. The molecular weight excluding hydrogens is 616 g/mol. The van der Waals surface area contributed by atoms with Crippen LogP contribution in [0.5, 0.6) is 5.75 Å². The molecule has 0 spiro atoms. The SMILES string of the molecule is CC[C@H](C)[C@H](O)[C@@H](C)/C=C(C)/C=C/C[C@H](C)[C@H](O)[C@@H](C)/C=C(C)/C=C/[C@H](O)C(C)(C)c1cc(O)c([C@H]2O[C@@H](CO)C[C@@H](O)[C@@H]2O)c(=O)o1. The van der Waals surface area contributed by atoms with Crippen LogP contribution in [0.3, 0.4) is 0 Å². The summed E-state index contributed by atoms with van der Waals surface area (Å²) in [6.45, 7) is 16.8. The molecule has 0 saturated carbocycles. The second kappa shape index (κ2) is 18.4. The number of hydrogen-bond acceptors (Lipinski definition) is 10. The van der Waals surface area contributed by atoms with E-state index in [-0.39, 0.29) is 47.5 Å². The molecule has 10 nitrogen and oxygen atoms in total. The predicted octanol–water partition coefficient (Wildman–Crippen LogP) is 4.60. The van der Waals surface area contributed by atoms with Crippen molar-refractivity contribution in [3.63, 3.8) is 0 Å². The van der Waals surface area contributed by atoms with Crippen LogP contribution in [0, 0.1) is 23.7 Å². The first-order chi connectivity index (χ1) is 22.3. The van der Waals surface area contributed by atoms with E-state index < -0.39 is 60.0 Å². The molecule has 7 N–H and O–H groups in total. The van der Waals surface area contributed by atoms with Crippen molar-refractivity contribution < 1.29 is 44.9 Å². The average molecular weight is 677 g/mol. The van der Waals surface area contributed by atoms with Gasteiger partial charge in [-0.1, -0.05) is 88.6 Å². The fourth-order valence-electron chi connectivity index (χ4n) is 6.03. The molecule has 0 radical (unpaired) electrons. The third-order valence-electron chi connectivity index (χ3n) is 9.75. The Bertz CT molecular complexity index is 1340. The number of allylic oxidation sites excluding steroid dienone is 5. The van der Waals surface area contributed by atoms with Crippen molar-refractivity contribution in [2.45, 2.75) is 130 Å². The molecule has 0 bridgehead atoms. The van der Waals surface area contributed by atoms with Gasteiger partial charge in [-0.15, -0.1) is 0 Å². The van der Waals surface area contributed by atoms with Crippen molar-refractivity contribution in [1.82, 2.24) is 0 Å². The first-order valence-electron chi connectivity index (χ1n) is 17.1. The summed E-state index contributed by atoms with van der Waals surface area (Å²) in [6.07, 6.45) is 5.76. The molecule has 0 aliphatic carbocycles. The van der Waals surface area contributed by atoms with E-state index in [0.29, 0.717) is 6.42 Å². The summed E-state index contributed by atoms with van der Waals surface area (Å²) < 4.78 is 11.0. The third kappa shape index (κ3) is 11.0. The second-order valence-corrected chi connectivity index (χ2v) is 14.4. The van der Waals surface area contributed by atoms with Gasteiger partial charge in [0.25, 0.3) is 0 Å². The first kappa shape index (κ1) is 41.6. The zero-order valence-electron chi connectivity index (χ0n) is 30.1. The van der Waals surface area contributed by atoms with Crippen LogP contribution >= 0.6 is 0 Å². The van der Waals surface area contributed by atoms with Gasteiger partial charge in [-0.2, -0.15) is 0 Å². The molecule has 272 valence electrons. The van der Waals surface area contributed by atoms with Crippen LogP contribution < -0.4 is 5.63 Å². The second-order valence-electron chi connectivity index (χ2n) is 14.4. The number of aliphatic hydroxyl groups excluding tert-OH is 6. The Balaban J connectivity index is 2.08. The highest BCUT2D eigenvalue weighted by atomic mass is 16.5. The summed E-state index contributed by atoms with van der Waals surface area (Å²) in [4.78, 5) is 13.0. The van der Waals surface area contributed by atoms with E-state index in [4.69, 9.17) is 9.15 Å². The Morgan fingerprint density at radius 1 is 0.979 bits per heavy atom. The lowest BCUT2D eigenvalue weighted by Crippen LogP contribution is -2.46. The molecule has 0 unspecified atom stereocenters. The lowest BCUT2D eigenvalue weighted by atomic mass is 9.82.